The zero-order valence-electron chi connectivity index (χ0n) is 12.3. The first-order chi connectivity index (χ1) is 11.0. The van der Waals surface area contributed by atoms with Crippen molar-refractivity contribution in [3.05, 3.63) is 58.1 Å². The molecule has 0 fully saturated rings. The molecule has 0 bridgehead atoms. The maximum Gasteiger partial charge on any atom is 0.270 e. The molecule has 0 spiro atoms. The van der Waals surface area contributed by atoms with Crippen LogP contribution in [0.3, 0.4) is 0 Å². The molecule has 128 valence electrons. The fourth-order valence-corrected chi connectivity index (χ4v) is 3.81. The summed E-state index contributed by atoms with van der Waals surface area (Å²) in [4.78, 5) is 9.56. The van der Waals surface area contributed by atoms with Crippen LogP contribution in [0.4, 0.5) is 11.4 Å². The van der Waals surface area contributed by atoms with Crippen molar-refractivity contribution >= 4 is 31.4 Å². The molecular weight excluding hydrogens is 358 g/mol. The van der Waals surface area contributed by atoms with Crippen LogP contribution in [0.5, 0.6) is 0 Å². The van der Waals surface area contributed by atoms with Crippen LogP contribution in [0.1, 0.15) is 5.56 Å². The average Bonchev–Trinajstić information content (AvgIpc) is 2.46. The molecule has 0 heterocycles. The molecule has 2 aromatic carbocycles. The first-order valence-electron chi connectivity index (χ1n) is 6.41. The quantitative estimate of drug-likeness (QED) is 0.598. The number of nitro benzene ring substituents is 1. The van der Waals surface area contributed by atoms with Gasteiger partial charge in [0.05, 0.1) is 20.4 Å². The second-order valence-electron chi connectivity index (χ2n) is 4.89. The molecule has 0 aliphatic rings. The van der Waals surface area contributed by atoms with Crippen molar-refractivity contribution in [2.75, 3.05) is 4.72 Å². The number of aryl methyl sites for hydroxylation is 1. The predicted molar refractivity (Wildman–Crippen MR) is 86.5 cm³/mol. The molecular formula is C13H13N3O6S2. The van der Waals surface area contributed by atoms with E-state index in [2.05, 4.69) is 4.72 Å². The van der Waals surface area contributed by atoms with E-state index in [4.69, 9.17) is 5.14 Å². The van der Waals surface area contributed by atoms with Gasteiger partial charge in [-0.3, -0.25) is 14.8 Å². The van der Waals surface area contributed by atoms with Gasteiger partial charge in [-0.05, 0) is 30.7 Å². The second kappa shape index (κ2) is 6.19. The van der Waals surface area contributed by atoms with E-state index in [1.807, 2.05) is 0 Å². The lowest BCUT2D eigenvalue weighted by molar-refractivity contribution is -0.385. The Morgan fingerprint density at radius 1 is 1.08 bits per heavy atom. The van der Waals surface area contributed by atoms with Crippen molar-refractivity contribution < 1.29 is 21.8 Å². The number of rotatable bonds is 5. The number of benzene rings is 2. The highest BCUT2D eigenvalue weighted by molar-refractivity contribution is 7.92. The van der Waals surface area contributed by atoms with Gasteiger partial charge < -0.3 is 0 Å². The second-order valence-corrected chi connectivity index (χ2v) is 8.10. The summed E-state index contributed by atoms with van der Waals surface area (Å²) < 4.78 is 49.7. The summed E-state index contributed by atoms with van der Waals surface area (Å²) >= 11 is 0. The molecule has 9 nitrogen and oxygen atoms in total. The van der Waals surface area contributed by atoms with Crippen LogP contribution in [0.25, 0.3) is 0 Å². The molecule has 0 amide bonds. The summed E-state index contributed by atoms with van der Waals surface area (Å²) in [6, 6.07) is 8.35. The molecule has 0 aromatic heterocycles. The maximum absolute atomic E-state index is 12.4. The third kappa shape index (κ3) is 3.88. The number of nitrogens with one attached hydrogen (secondary N) is 1. The average molecular weight is 371 g/mol. The molecule has 0 radical (unpaired) electrons. The third-order valence-corrected chi connectivity index (χ3v) is 5.52. The van der Waals surface area contributed by atoms with E-state index in [0.717, 1.165) is 12.1 Å². The minimum absolute atomic E-state index is 0.0348. The Hall–Kier alpha value is -2.50. The van der Waals surface area contributed by atoms with E-state index in [9.17, 15) is 26.9 Å². The standard InChI is InChI=1S/C13H13N3O6S2/c1-9-5-6-11(16(17)18)8-13(9)24(21,22)15-10-3-2-4-12(7-10)23(14,19)20/h2-8,15H,1H3,(H2,14,19,20). The van der Waals surface area contributed by atoms with E-state index in [0.29, 0.717) is 5.56 Å². The Morgan fingerprint density at radius 2 is 1.75 bits per heavy atom. The Balaban J connectivity index is 2.46. The zero-order chi connectivity index (χ0) is 18.1. The van der Waals surface area contributed by atoms with Crippen LogP contribution < -0.4 is 9.86 Å². The topological polar surface area (TPSA) is 149 Å². The normalized spacial score (nSPS) is 11.9. The third-order valence-electron chi connectivity index (χ3n) is 3.09. The van der Waals surface area contributed by atoms with Crippen LogP contribution in [-0.2, 0) is 20.0 Å². The minimum Gasteiger partial charge on any atom is -0.280 e. The number of non-ortho nitro benzene ring substituents is 1. The largest absolute Gasteiger partial charge is 0.280 e. The summed E-state index contributed by atoms with van der Waals surface area (Å²) in [6.07, 6.45) is 0. The molecule has 24 heavy (non-hydrogen) atoms. The zero-order valence-corrected chi connectivity index (χ0v) is 14.0. The number of hydrogen-bond acceptors (Lipinski definition) is 6. The predicted octanol–water partition coefficient (Wildman–Crippen LogP) is 1.35. The van der Waals surface area contributed by atoms with Gasteiger partial charge in [-0.25, -0.2) is 22.0 Å². The fraction of sp³-hybridized carbons (Fsp3) is 0.0769. The van der Waals surface area contributed by atoms with Crippen molar-refractivity contribution in [2.24, 2.45) is 5.14 Å². The number of nitrogens with two attached hydrogens (primary N) is 1. The van der Waals surface area contributed by atoms with Gasteiger partial charge in [0.2, 0.25) is 10.0 Å². The lowest BCUT2D eigenvalue weighted by Gasteiger charge is -2.11. The SMILES string of the molecule is Cc1ccc([N+](=O)[O-])cc1S(=O)(=O)Nc1cccc(S(N)(=O)=O)c1. The lowest BCUT2D eigenvalue weighted by Crippen LogP contribution is -2.16. The smallest absolute Gasteiger partial charge is 0.270 e. The number of primary sulfonamides is 1. The van der Waals surface area contributed by atoms with Crippen molar-refractivity contribution in [1.82, 2.24) is 0 Å². The van der Waals surface area contributed by atoms with Crippen molar-refractivity contribution in [3.63, 3.8) is 0 Å². The van der Waals surface area contributed by atoms with Gasteiger partial charge in [-0.1, -0.05) is 12.1 Å². The van der Waals surface area contributed by atoms with Gasteiger partial charge in [0.1, 0.15) is 0 Å². The molecule has 11 heteroatoms. The Morgan fingerprint density at radius 3 is 2.33 bits per heavy atom. The molecule has 0 atom stereocenters. The van der Waals surface area contributed by atoms with Gasteiger partial charge in [-0.2, -0.15) is 0 Å². The van der Waals surface area contributed by atoms with Crippen LogP contribution >= 0.6 is 0 Å². The minimum atomic E-state index is -4.15. The van der Waals surface area contributed by atoms with Crippen LogP contribution in [0.15, 0.2) is 52.3 Å². The molecule has 3 N–H and O–H groups in total. The molecule has 2 aromatic rings. The summed E-state index contributed by atoms with van der Waals surface area (Å²) in [5.41, 5.74) is -0.109. The van der Waals surface area contributed by atoms with E-state index >= 15 is 0 Å². The number of sulfonamides is 2. The highest BCUT2D eigenvalue weighted by atomic mass is 32.2. The lowest BCUT2D eigenvalue weighted by atomic mass is 10.2. The van der Waals surface area contributed by atoms with Gasteiger partial charge in [0.25, 0.3) is 15.7 Å². The molecule has 0 saturated heterocycles. The Kier molecular flexibility index (Phi) is 4.60. The van der Waals surface area contributed by atoms with Crippen LogP contribution in [0, 0.1) is 17.0 Å². The number of nitrogens with zero attached hydrogens (tertiary/aromatic N) is 1. The van der Waals surface area contributed by atoms with Crippen molar-refractivity contribution in [1.29, 1.82) is 0 Å². The van der Waals surface area contributed by atoms with Crippen LogP contribution in [-0.4, -0.2) is 21.8 Å². The monoisotopic (exact) mass is 371 g/mol. The fourth-order valence-electron chi connectivity index (χ4n) is 1.94. The number of anilines is 1. The van der Waals surface area contributed by atoms with Gasteiger partial charge in [-0.15, -0.1) is 0 Å². The number of hydrogen-bond donors (Lipinski definition) is 2. The molecule has 0 aliphatic carbocycles. The van der Waals surface area contributed by atoms with Gasteiger partial charge >= 0.3 is 0 Å². The summed E-state index contributed by atoms with van der Waals surface area (Å²) in [6.45, 7) is 1.49. The van der Waals surface area contributed by atoms with E-state index in [1.165, 1.54) is 37.3 Å². The highest BCUT2D eigenvalue weighted by Crippen LogP contribution is 2.24. The van der Waals surface area contributed by atoms with Gasteiger partial charge in [0.15, 0.2) is 0 Å². The molecule has 2 rings (SSSR count). The first-order valence-corrected chi connectivity index (χ1v) is 9.44. The number of nitro groups is 1. The van der Waals surface area contributed by atoms with E-state index in [1.54, 1.807) is 0 Å². The van der Waals surface area contributed by atoms with Crippen molar-refractivity contribution in [3.8, 4) is 0 Å². The summed E-state index contributed by atoms with van der Waals surface area (Å²) in [7, 11) is -8.15. The van der Waals surface area contributed by atoms with E-state index in [-0.39, 0.29) is 21.2 Å². The maximum atomic E-state index is 12.4. The molecule has 0 aliphatic heterocycles. The van der Waals surface area contributed by atoms with Crippen molar-refractivity contribution in [2.45, 2.75) is 16.7 Å². The summed E-state index contributed by atoms with van der Waals surface area (Å²) in [5.74, 6) is 0. The molecule has 0 unspecified atom stereocenters. The first kappa shape index (κ1) is 17.8. The Bertz CT molecular complexity index is 1020. The van der Waals surface area contributed by atoms with Gasteiger partial charge in [0, 0.05) is 12.1 Å². The highest BCUT2D eigenvalue weighted by Gasteiger charge is 2.21. The van der Waals surface area contributed by atoms with Crippen LogP contribution in [0.2, 0.25) is 0 Å². The molecule has 0 saturated carbocycles. The van der Waals surface area contributed by atoms with E-state index < -0.39 is 25.0 Å². The Labute approximate surface area is 138 Å². The summed E-state index contributed by atoms with van der Waals surface area (Å²) in [5, 5.41) is 15.8.